The Bertz CT molecular complexity index is 2650. The molecule has 0 saturated heterocycles. The molecule has 0 fully saturated rings. The molecule has 0 N–H and O–H groups in total. The fourth-order valence-corrected chi connectivity index (χ4v) is 10.7. The van der Waals surface area contributed by atoms with Crippen LogP contribution in [-0.4, -0.2) is 0 Å². The first kappa shape index (κ1) is 32.9. The molecule has 258 valence electrons. The van der Waals surface area contributed by atoms with E-state index < -0.39 is 0 Å². The van der Waals surface area contributed by atoms with Crippen LogP contribution < -0.4 is 4.90 Å². The molecule has 1 aliphatic carbocycles. The lowest BCUT2D eigenvalue weighted by Crippen LogP contribution is -2.17. The Morgan fingerprint density at radius 3 is 1.43 bits per heavy atom. The summed E-state index contributed by atoms with van der Waals surface area (Å²) in [6.07, 6.45) is 0. The number of hydrogen-bond acceptors (Lipinski definition) is 3. The third-order valence-corrected chi connectivity index (χ3v) is 13.5. The van der Waals surface area contributed by atoms with Crippen LogP contribution >= 0.6 is 23.5 Å². The summed E-state index contributed by atoms with van der Waals surface area (Å²) in [6.45, 7) is 4.80. The Morgan fingerprint density at radius 2 is 0.815 bits per heavy atom. The molecule has 2 aliphatic rings. The number of benzene rings is 8. The summed E-state index contributed by atoms with van der Waals surface area (Å²) in [4.78, 5) is 7.82. The van der Waals surface area contributed by atoms with Crippen LogP contribution in [0.25, 0.3) is 44.5 Å². The maximum atomic E-state index is 2.44. The van der Waals surface area contributed by atoms with Crippen LogP contribution in [0.3, 0.4) is 0 Å². The summed E-state index contributed by atoms with van der Waals surface area (Å²) < 4.78 is 0. The zero-order valence-electron chi connectivity index (χ0n) is 30.2. The molecule has 0 bridgehead atoms. The predicted molar refractivity (Wildman–Crippen MR) is 230 cm³/mol. The van der Waals surface area contributed by atoms with Gasteiger partial charge in [0.05, 0.1) is 0 Å². The second-order valence-electron chi connectivity index (χ2n) is 14.6. The highest BCUT2D eigenvalue weighted by atomic mass is 32.2. The van der Waals surface area contributed by atoms with Crippen molar-refractivity contribution in [3.8, 4) is 44.5 Å². The van der Waals surface area contributed by atoms with Gasteiger partial charge in [0.15, 0.2) is 0 Å². The molecule has 0 spiro atoms. The van der Waals surface area contributed by atoms with E-state index in [4.69, 9.17) is 0 Å². The number of fused-ring (bicyclic) bond motifs is 6. The fraction of sp³-hybridized carbons (Fsp3) is 0.0588. The van der Waals surface area contributed by atoms with Gasteiger partial charge in [0.25, 0.3) is 0 Å². The van der Waals surface area contributed by atoms with E-state index in [1.54, 1.807) is 0 Å². The molecule has 0 aromatic heterocycles. The van der Waals surface area contributed by atoms with Crippen LogP contribution in [0.1, 0.15) is 25.0 Å². The van der Waals surface area contributed by atoms with E-state index in [2.05, 4.69) is 207 Å². The van der Waals surface area contributed by atoms with Gasteiger partial charge in [0.2, 0.25) is 0 Å². The van der Waals surface area contributed by atoms with Gasteiger partial charge in [0.1, 0.15) is 0 Å². The maximum Gasteiger partial charge on any atom is 0.0462 e. The molecular formula is C51H37NS2. The molecule has 8 aromatic rings. The van der Waals surface area contributed by atoms with Crippen molar-refractivity contribution in [2.75, 3.05) is 4.90 Å². The smallest absolute Gasteiger partial charge is 0.0462 e. The second kappa shape index (κ2) is 13.3. The van der Waals surface area contributed by atoms with Crippen molar-refractivity contribution >= 4 is 40.6 Å². The van der Waals surface area contributed by atoms with Gasteiger partial charge in [-0.3, -0.25) is 0 Å². The molecule has 3 heteroatoms. The Hall–Kier alpha value is -5.74. The molecule has 1 nitrogen and oxygen atoms in total. The van der Waals surface area contributed by atoms with Gasteiger partial charge >= 0.3 is 0 Å². The Morgan fingerprint density at radius 1 is 0.370 bits per heavy atom. The number of para-hydroxylation sites is 1. The third kappa shape index (κ3) is 5.67. The first-order chi connectivity index (χ1) is 26.5. The average Bonchev–Trinajstić information content (AvgIpc) is 3.47. The lowest BCUT2D eigenvalue weighted by atomic mass is 9.81. The van der Waals surface area contributed by atoms with Crippen LogP contribution in [0.2, 0.25) is 0 Å². The second-order valence-corrected chi connectivity index (χ2v) is 16.7. The largest absolute Gasteiger partial charge is 0.311 e. The van der Waals surface area contributed by atoms with E-state index in [1.807, 2.05) is 23.5 Å². The van der Waals surface area contributed by atoms with Gasteiger partial charge in [-0.1, -0.05) is 165 Å². The number of hydrogen-bond donors (Lipinski definition) is 0. The highest BCUT2D eigenvalue weighted by Crippen LogP contribution is 2.59. The zero-order valence-corrected chi connectivity index (χ0v) is 31.8. The normalized spacial score (nSPS) is 13.4. The van der Waals surface area contributed by atoms with E-state index >= 15 is 0 Å². The fourth-order valence-electron chi connectivity index (χ4n) is 8.16. The molecule has 1 aliphatic heterocycles. The highest BCUT2D eigenvalue weighted by molar-refractivity contribution is 8.05. The van der Waals surface area contributed by atoms with E-state index in [1.165, 1.54) is 75.2 Å². The van der Waals surface area contributed by atoms with Crippen LogP contribution in [-0.2, 0) is 5.41 Å². The molecule has 0 unspecified atom stereocenters. The summed E-state index contributed by atoms with van der Waals surface area (Å²) in [5.41, 5.74) is 16.2. The summed E-state index contributed by atoms with van der Waals surface area (Å²) >= 11 is 3.84. The van der Waals surface area contributed by atoms with Crippen LogP contribution in [0.15, 0.2) is 208 Å². The molecule has 0 saturated carbocycles. The van der Waals surface area contributed by atoms with Crippen LogP contribution in [0.5, 0.6) is 0 Å². The molecule has 8 aromatic carbocycles. The molecule has 0 amide bonds. The minimum absolute atomic E-state index is 0.105. The first-order valence-electron chi connectivity index (χ1n) is 18.5. The summed E-state index contributed by atoms with van der Waals surface area (Å²) in [6, 6.07) is 68.6. The quantitative estimate of drug-likeness (QED) is 0.168. The lowest BCUT2D eigenvalue weighted by molar-refractivity contribution is 0.642. The average molecular weight is 728 g/mol. The monoisotopic (exact) mass is 727 g/mol. The Balaban J connectivity index is 0.946. The molecule has 10 rings (SSSR count). The van der Waals surface area contributed by atoms with Gasteiger partial charge in [-0.05, 0) is 116 Å². The van der Waals surface area contributed by atoms with Gasteiger partial charge in [-0.15, -0.1) is 0 Å². The van der Waals surface area contributed by atoms with Crippen LogP contribution in [0, 0.1) is 0 Å². The van der Waals surface area contributed by atoms with E-state index in [0.29, 0.717) is 0 Å². The van der Waals surface area contributed by atoms with E-state index in [0.717, 1.165) is 17.1 Å². The van der Waals surface area contributed by atoms with Crippen LogP contribution in [0.4, 0.5) is 17.1 Å². The third-order valence-electron chi connectivity index (χ3n) is 10.9. The van der Waals surface area contributed by atoms with Crippen molar-refractivity contribution in [1.29, 1.82) is 0 Å². The Kier molecular flexibility index (Phi) is 8.09. The first-order valence-corrected chi connectivity index (χ1v) is 20.1. The van der Waals surface area contributed by atoms with E-state index in [9.17, 15) is 0 Å². The van der Waals surface area contributed by atoms with Crippen molar-refractivity contribution in [2.45, 2.75) is 38.8 Å². The number of anilines is 3. The van der Waals surface area contributed by atoms with Crippen molar-refractivity contribution in [3.05, 3.63) is 199 Å². The van der Waals surface area contributed by atoms with Gasteiger partial charge in [0, 0.05) is 42.1 Å². The van der Waals surface area contributed by atoms with Gasteiger partial charge < -0.3 is 4.90 Å². The SMILES string of the molecule is CC1(C)c2cc(-c3ccc(N(c4ccccc4)c4ccc(-c5ccc(-c6ccccc6)cc5)cc4)cc3)ccc2-c2ccc3c(c21)Sc1ccccc1S3. The lowest BCUT2D eigenvalue weighted by Gasteiger charge is -2.28. The standard InChI is InChI=1S/C51H37NS2/c1-51(2)45-33-39(25-30-43(45)44-31-32-48-50(49(44)51)54-47-16-10-9-15-46(47)53-48)38-23-28-42(29-24-38)52(40-13-7-4-8-14-40)41-26-21-37(22-27-41)36-19-17-35(18-20-36)34-11-5-3-6-12-34/h3-33H,1-2H3. The molecule has 0 radical (unpaired) electrons. The summed E-state index contributed by atoms with van der Waals surface area (Å²) in [7, 11) is 0. The van der Waals surface area contributed by atoms with Gasteiger partial charge in [-0.25, -0.2) is 0 Å². The number of nitrogens with zero attached hydrogens (tertiary/aromatic N) is 1. The predicted octanol–water partition coefficient (Wildman–Crippen LogP) is 15.1. The molecule has 0 atom stereocenters. The summed E-state index contributed by atoms with van der Waals surface area (Å²) in [5, 5.41) is 0. The topological polar surface area (TPSA) is 3.24 Å². The van der Waals surface area contributed by atoms with Crippen molar-refractivity contribution in [3.63, 3.8) is 0 Å². The van der Waals surface area contributed by atoms with Crippen molar-refractivity contribution in [2.24, 2.45) is 0 Å². The minimum atomic E-state index is -0.105. The molecule has 1 heterocycles. The zero-order chi connectivity index (χ0) is 36.2. The summed E-state index contributed by atoms with van der Waals surface area (Å²) in [5.74, 6) is 0. The van der Waals surface area contributed by atoms with Crippen molar-refractivity contribution in [1.82, 2.24) is 0 Å². The molecule has 54 heavy (non-hydrogen) atoms. The molecular weight excluding hydrogens is 691 g/mol. The van der Waals surface area contributed by atoms with Gasteiger partial charge in [-0.2, -0.15) is 0 Å². The highest BCUT2D eigenvalue weighted by Gasteiger charge is 2.39. The maximum absolute atomic E-state index is 2.44. The van der Waals surface area contributed by atoms with E-state index in [-0.39, 0.29) is 5.41 Å². The van der Waals surface area contributed by atoms with Crippen molar-refractivity contribution < 1.29 is 0 Å². The number of rotatable bonds is 6. The Labute approximate surface area is 326 Å². The minimum Gasteiger partial charge on any atom is -0.311 e.